The molecule has 1 aromatic rings. The van der Waals surface area contributed by atoms with E-state index in [4.69, 9.17) is 16.2 Å². The molecule has 0 saturated carbocycles. The first-order valence-electron chi connectivity index (χ1n) is 4.64. The minimum Gasteiger partial charge on any atom is -0.504 e. The van der Waals surface area contributed by atoms with Gasteiger partial charge < -0.3 is 21.3 Å². The van der Waals surface area contributed by atoms with Crippen LogP contribution in [0.25, 0.3) is 6.08 Å². The lowest BCUT2D eigenvalue weighted by atomic mass is 10.1. The number of carbonyl (C=O) groups excluding carboxylic acids is 2. The maximum Gasteiger partial charge on any atom is 0.254 e. The molecular weight excluding hydrogens is 224 g/mol. The Labute approximate surface area is 97.5 Å². The topological polar surface area (TPSA) is 116 Å². The predicted molar refractivity (Wildman–Crippen MR) is 61.0 cm³/mol. The van der Waals surface area contributed by atoms with Crippen molar-refractivity contribution in [1.82, 2.24) is 0 Å². The van der Waals surface area contributed by atoms with Gasteiger partial charge in [0.15, 0.2) is 11.5 Å². The fourth-order valence-corrected chi connectivity index (χ4v) is 1.21. The van der Waals surface area contributed by atoms with E-state index in [0.717, 1.165) is 0 Å². The van der Waals surface area contributed by atoms with E-state index in [1.807, 2.05) is 0 Å². The van der Waals surface area contributed by atoms with Crippen LogP contribution < -0.4 is 16.2 Å². The van der Waals surface area contributed by atoms with Gasteiger partial charge in [-0.3, -0.25) is 9.59 Å². The summed E-state index contributed by atoms with van der Waals surface area (Å²) in [6.45, 7) is 0. The molecule has 0 radical (unpaired) electrons. The minimum absolute atomic E-state index is 0.0515. The highest BCUT2D eigenvalue weighted by molar-refractivity contribution is 6.20. The number of methoxy groups -OCH3 is 1. The maximum atomic E-state index is 10.9. The molecule has 0 aliphatic carbocycles. The van der Waals surface area contributed by atoms with Crippen LogP contribution in [0.15, 0.2) is 23.8 Å². The number of ether oxygens (including phenoxy) is 1. The Morgan fingerprint density at radius 1 is 1.29 bits per heavy atom. The SMILES string of the molecule is COc1cc(C=C(C(N)=O)C(N)=O)ccc1O. The monoisotopic (exact) mass is 236 g/mol. The molecular formula is C11H12N2O4. The lowest BCUT2D eigenvalue weighted by Gasteiger charge is -2.04. The van der Waals surface area contributed by atoms with Gasteiger partial charge in [0.2, 0.25) is 0 Å². The molecule has 0 heterocycles. The van der Waals surface area contributed by atoms with Crippen molar-refractivity contribution in [2.45, 2.75) is 0 Å². The number of hydrogen-bond acceptors (Lipinski definition) is 4. The summed E-state index contributed by atoms with van der Waals surface area (Å²) in [5.74, 6) is -1.66. The smallest absolute Gasteiger partial charge is 0.254 e. The molecule has 0 aliphatic rings. The van der Waals surface area contributed by atoms with Gasteiger partial charge in [-0.15, -0.1) is 0 Å². The zero-order valence-electron chi connectivity index (χ0n) is 9.14. The summed E-state index contributed by atoms with van der Waals surface area (Å²) < 4.78 is 4.88. The largest absolute Gasteiger partial charge is 0.504 e. The average Bonchev–Trinajstić information content (AvgIpc) is 2.26. The minimum atomic E-state index is -0.912. The van der Waals surface area contributed by atoms with Gasteiger partial charge in [-0.2, -0.15) is 0 Å². The molecule has 0 unspecified atom stereocenters. The Morgan fingerprint density at radius 2 is 1.88 bits per heavy atom. The van der Waals surface area contributed by atoms with Gasteiger partial charge in [0, 0.05) is 0 Å². The van der Waals surface area contributed by atoms with Crippen LogP contribution in [-0.2, 0) is 9.59 Å². The Kier molecular flexibility index (Phi) is 3.71. The second-order valence-electron chi connectivity index (χ2n) is 3.22. The highest BCUT2D eigenvalue weighted by Crippen LogP contribution is 2.27. The molecule has 2 amide bonds. The van der Waals surface area contributed by atoms with Crippen LogP contribution in [-0.4, -0.2) is 24.0 Å². The summed E-state index contributed by atoms with van der Waals surface area (Å²) in [7, 11) is 1.38. The van der Waals surface area contributed by atoms with Gasteiger partial charge in [0.05, 0.1) is 7.11 Å². The third kappa shape index (κ3) is 2.97. The molecule has 1 aromatic carbocycles. The standard InChI is InChI=1S/C11H12N2O4/c1-17-9-5-6(2-3-8(9)14)4-7(10(12)15)11(13)16/h2-5,14H,1H3,(H2,12,15)(H2,13,16). The van der Waals surface area contributed by atoms with Crippen LogP contribution in [0.4, 0.5) is 0 Å². The number of carbonyl (C=O) groups is 2. The lowest BCUT2D eigenvalue weighted by molar-refractivity contribution is -0.120. The summed E-state index contributed by atoms with van der Waals surface area (Å²) in [4.78, 5) is 21.9. The van der Waals surface area contributed by atoms with Crippen LogP contribution in [0.5, 0.6) is 11.5 Å². The number of benzene rings is 1. The van der Waals surface area contributed by atoms with E-state index in [9.17, 15) is 14.7 Å². The number of primary amides is 2. The summed E-state index contributed by atoms with van der Waals surface area (Å²) in [5, 5.41) is 9.36. The molecule has 0 atom stereocenters. The lowest BCUT2D eigenvalue weighted by Crippen LogP contribution is -2.25. The molecule has 0 saturated heterocycles. The number of amides is 2. The fraction of sp³-hybridized carbons (Fsp3) is 0.0909. The van der Waals surface area contributed by atoms with Gasteiger partial charge in [-0.25, -0.2) is 0 Å². The van der Waals surface area contributed by atoms with E-state index in [2.05, 4.69) is 0 Å². The summed E-state index contributed by atoms with van der Waals surface area (Å²) in [6.07, 6.45) is 1.23. The summed E-state index contributed by atoms with van der Waals surface area (Å²) in [6, 6.07) is 4.30. The predicted octanol–water partition coefficient (Wildman–Crippen LogP) is -0.245. The highest BCUT2D eigenvalue weighted by atomic mass is 16.5. The molecule has 1 rings (SSSR count). The molecule has 0 aliphatic heterocycles. The van der Waals surface area contributed by atoms with Gasteiger partial charge in [-0.1, -0.05) is 6.07 Å². The van der Waals surface area contributed by atoms with Crippen molar-refractivity contribution < 1.29 is 19.4 Å². The van der Waals surface area contributed by atoms with Crippen LogP contribution in [0.1, 0.15) is 5.56 Å². The number of phenols is 1. The Bertz CT molecular complexity index is 478. The van der Waals surface area contributed by atoms with Crippen molar-refractivity contribution in [2.75, 3.05) is 7.11 Å². The summed E-state index contributed by atoms with van der Waals surface area (Å²) >= 11 is 0. The van der Waals surface area contributed by atoms with Crippen LogP contribution in [0.2, 0.25) is 0 Å². The quantitative estimate of drug-likeness (QED) is 0.380. The first-order valence-corrected chi connectivity index (χ1v) is 4.64. The molecule has 17 heavy (non-hydrogen) atoms. The molecule has 6 heteroatoms. The second-order valence-corrected chi connectivity index (χ2v) is 3.22. The summed E-state index contributed by atoms with van der Waals surface area (Å²) in [5.41, 5.74) is 10.1. The van der Waals surface area contributed by atoms with Crippen molar-refractivity contribution in [3.8, 4) is 11.5 Å². The first-order chi connectivity index (χ1) is 7.95. The van der Waals surface area contributed by atoms with E-state index >= 15 is 0 Å². The zero-order valence-corrected chi connectivity index (χ0v) is 9.14. The highest BCUT2D eigenvalue weighted by Gasteiger charge is 2.12. The first kappa shape index (κ1) is 12.6. The van der Waals surface area contributed by atoms with Gasteiger partial charge in [-0.05, 0) is 23.8 Å². The number of aromatic hydroxyl groups is 1. The Morgan fingerprint density at radius 3 is 2.35 bits per heavy atom. The third-order valence-electron chi connectivity index (χ3n) is 2.05. The van der Waals surface area contributed by atoms with Crippen molar-refractivity contribution in [3.63, 3.8) is 0 Å². The molecule has 5 N–H and O–H groups in total. The Balaban J connectivity index is 3.21. The number of phenolic OH excluding ortho intramolecular Hbond substituents is 1. The molecule has 0 bridgehead atoms. The van der Waals surface area contributed by atoms with Crippen molar-refractivity contribution in [1.29, 1.82) is 0 Å². The fourth-order valence-electron chi connectivity index (χ4n) is 1.21. The third-order valence-corrected chi connectivity index (χ3v) is 2.05. The number of nitrogens with two attached hydrogens (primary N) is 2. The van der Waals surface area contributed by atoms with Crippen molar-refractivity contribution in [2.24, 2.45) is 11.5 Å². The van der Waals surface area contributed by atoms with E-state index in [0.29, 0.717) is 5.56 Å². The average molecular weight is 236 g/mol. The van der Waals surface area contributed by atoms with E-state index in [1.165, 1.54) is 31.4 Å². The van der Waals surface area contributed by atoms with E-state index in [-0.39, 0.29) is 17.1 Å². The Hall–Kier alpha value is -2.50. The van der Waals surface area contributed by atoms with Crippen LogP contribution in [0, 0.1) is 0 Å². The number of rotatable bonds is 4. The van der Waals surface area contributed by atoms with Gasteiger partial charge in [0.25, 0.3) is 11.8 Å². The van der Waals surface area contributed by atoms with Crippen LogP contribution >= 0.6 is 0 Å². The van der Waals surface area contributed by atoms with E-state index in [1.54, 1.807) is 0 Å². The number of hydrogen-bond donors (Lipinski definition) is 3. The molecule has 6 nitrogen and oxygen atoms in total. The molecule has 0 fully saturated rings. The van der Waals surface area contributed by atoms with Gasteiger partial charge >= 0.3 is 0 Å². The normalized spacial score (nSPS) is 9.47. The zero-order chi connectivity index (χ0) is 13.0. The molecule has 90 valence electrons. The van der Waals surface area contributed by atoms with Gasteiger partial charge in [0.1, 0.15) is 5.57 Å². The molecule has 0 spiro atoms. The second kappa shape index (κ2) is 5.02. The maximum absolute atomic E-state index is 10.9. The van der Waals surface area contributed by atoms with Crippen LogP contribution in [0.3, 0.4) is 0 Å². The molecule has 0 aromatic heterocycles. The van der Waals surface area contributed by atoms with E-state index < -0.39 is 11.8 Å². The van der Waals surface area contributed by atoms with Crippen molar-refractivity contribution >= 4 is 17.9 Å². The van der Waals surface area contributed by atoms with Crippen molar-refractivity contribution in [3.05, 3.63) is 29.3 Å².